The topological polar surface area (TPSA) is 18.5 Å². The van der Waals surface area contributed by atoms with Crippen LogP contribution in [-0.2, 0) is 9.78 Å². The molecule has 0 aliphatic carbocycles. The van der Waals surface area contributed by atoms with Gasteiger partial charge in [0.1, 0.15) is 5.76 Å². The van der Waals surface area contributed by atoms with Crippen molar-refractivity contribution in [3.8, 4) is 23.7 Å². The molecule has 0 atom stereocenters. The molecule has 0 unspecified atom stereocenters. The second-order valence-electron chi connectivity index (χ2n) is 6.77. The van der Waals surface area contributed by atoms with Crippen LogP contribution in [0.4, 0.5) is 0 Å². The first kappa shape index (κ1) is 24.6. The lowest BCUT2D eigenvalue weighted by molar-refractivity contribution is -0.259. The summed E-state index contributed by atoms with van der Waals surface area (Å²) in [5, 5.41) is 0. The Kier molecular flexibility index (Phi) is 20.5. The van der Waals surface area contributed by atoms with E-state index in [-0.39, 0.29) is 0 Å². The van der Waals surface area contributed by atoms with Crippen molar-refractivity contribution in [1.82, 2.24) is 0 Å². The van der Waals surface area contributed by atoms with Gasteiger partial charge in [0.05, 0.1) is 6.61 Å². The zero-order valence-corrected chi connectivity index (χ0v) is 17.3. The summed E-state index contributed by atoms with van der Waals surface area (Å²) < 4.78 is 0. The quantitative estimate of drug-likeness (QED) is 0.0887. The fourth-order valence-electron chi connectivity index (χ4n) is 2.65. The molecule has 0 N–H and O–H groups in total. The summed E-state index contributed by atoms with van der Waals surface area (Å²) in [6, 6.07) is 0. The van der Waals surface area contributed by atoms with Crippen LogP contribution in [0.15, 0.2) is 12.3 Å². The van der Waals surface area contributed by atoms with Crippen molar-refractivity contribution >= 4 is 0 Å². The van der Waals surface area contributed by atoms with Crippen molar-refractivity contribution in [1.29, 1.82) is 0 Å². The van der Waals surface area contributed by atoms with Gasteiger partial charge in [-0.1, -0.05) is 96.0 Å². The Morgan fingerprint density at radius 3 is 1.73 bits per heavy atom. The van der Waals surface area contributed by atoms with Crippen LogP contribution in [0.2, 0.25) is 0 Å². The predicted octanol–water partition coefficient (Wildman–Crippen LogP) is 7.35. The molecule has 0 heterocycles. The fourth-order valence-corrected chi connectivity index (χ4v) is 2.65. The van der Waals surface area contributed by atoms with E-state index in [4.69, 9.17) is 9.78 Å². The van der Waals surface area contributed by atoms with E-state index in [1.54, 1.807) is 0 Å². The highest BCUT2D eigenvalue weighted by atomic mass is 17.2. The predicted molar refractivity (Wildman–Crippen MR) is 112 cm³/mol. The van der Waals surface area contributed by atoms with Crippen molar-refractivity contribution in [3.63, 3.8) is 0 Å². The van der Waals surface area contributed by atoms with Crippen molar-refractivity contribution < 1.29 is 9.78 Å². The normalized spacial score (nSPS) is 9.77. The van der Waals surface area contributed by atoms with Gasteiger partial charge in [0.2, 0.25) is 0 Å². The molecule has 0 saturated heterocycles. The highest BCUT2D eigenvalue weighted by molar-refractivity contribution is 5.25. The van der Waals surface area contributed by atoms with E-state index in [1.165, 1.54) is 77.0 Å². The summed E-state index contributed by atoms with van der Waals surface area (Å²) in [6.07, 6.45) is 18.9. The van der Waals surface area contributed by atoms with Crippen LogP contribution in [0.5, 0.6) is 0 Å². The molecule has 0 fully saturated rings. The Labute approximate surface area is 163 Å². The minimum atomic E-state index is 0.523. The first-order chi connectivity index (χ1) is 12.8. The zero-order chi connectivity index (χ0) is 19.1. The molecule has 0 rings (SSSR count). The minimum absolute atomic E-state index is 0.523. The molecule has 0 aromatic rings. The highest BCUT2D eigenvalue weighted by Gasteiger charge is 1.94. The van der Waals surface area contributed by atoms with Crippen LogP contribution in [-0.4, -0.2) is 6.61 Å². The molecule has 0 aliphatic heterocycles. The number of rotatable bonds is 17. The van der Waals surface area contributed by atoms with Gasteiger partial charge in [0.25, 0.3) is 0 Å². The second kappa shape index (κ2) is 21.7. The third kappa shape index (κ3) is 20.7. The van der Waals surface area contributed by atoms with Crippen LogP contribution in [0.25, 0.3) is 0 Å². The van der Waals surface area contributed by atoms with Crippen LogP contribution >= 0.6 is 0 Å². The maximum absolute atomic E-state index is 4.93. The maximum Gasteiger partial charge on any atom is 0.136 e. The smallest absolute Gasteiger partial charge is 0.136 e. The molecule has 2 nitrogen and oxygen atoms in total. The standard InChI is InChI=1S/C24H40O2/c1-4-6-7-8-9-10-11-12-13-14-15-16-17-18-19-20-21-22-23-24(3)26-25-5-2/h3-17,22-23H2,1-2H3. The summed E-state index contributed by atoms with van der Waals surface area (Å²) in [5.41, 5.74) is 0. The Hall–Kier alpha value is -1.38. The van der Waals surface area contributed by atoms with Gasteiger partial charge in [-0.3, -0.25) is 0 Å². The van der Waals surface area contributed by atoms with Crippen molar-refractivity contribution in [2.45, 2.75) is 110 Å². The lowest BCUT2D eigenvalue weighted by Crippen LogP contribution is -1.92. The molecule has 0 aromatic carbocycles. The lowest BCUT2D eigenvalue weighted by Gasteiger charge is -2.02. The first-order valence-electron chi connectivity index (χ1n) is 10.7. The van der Waals surface area contributed by atoms with Crippen molar-refractivity contribution in [2.75, 3.05) is 6.61 Å². The van der Waals surface area contributed by atoms with Gasteiger partial charge in [-0.2, -0.15) is 4.89 Å². The molecule has 0 amide bonds. The third-order valence-corrected chi connectivity index (χ3v) is 4.22. The van der Waals surface area contributed by atoms with Crippen LogP contribution < -0.4 is 0 Å². The monoisotopic (exact) mass is 360 g/mol. The summed E-state index contributed by atoms with van der Waals surface area (Å²) in [5.74, 6) is 12.6. The molecule has 0 radical (unpaired) electrons. The Morgan fingerprint density at radius 2 is 1.19 bits per heavy atom. The molecule has 0 aromatic heterocycles. The molecule has 0 spiro atoms. The van der Waals surface area contributed by atoms with E-state index in [0.717, 1.165) is 6.42 Å². The van der Waals surface area contributed by atoms with E-state index in [9.17, 15) is 0 Å². The molecular formula is C24H40O2. The van der Waals surface area contributed by atoms with Gasteiger partial charge in [-0.05, 0) is 25.2 Å². The van der Waals surface area contributed by atoms with Gasteiger partial charge < -0.3 is 4.89 Å². The van der Waals surface area contributed by atoms with Gasteiger partial charge in [0.15, 0.2) is 0 Å². The largest absolute Gasteiger partial charge is 0.343 e. The van der Waals surface area contributed by atoms with E-state index < -0.39 is 0 Å². The van der Waals surface area contributed by atoms with Crippen LogP contribution in [0.1, 0.15) is 110 Å². The number of unbranched alkanes of at least 4 members (excludes halogenated alkanes) is 12. The Morgan fingerprint density at radius 1 is 0.692 bits per heavy atom. The molecule has 0 bridgehead atoms. The van der Waals surface area contributed by atoms with Crippen LogP contribution in [0.3, 0.4) is 0 Å². The highest BCUT2D eigenvalue weighted by Crippen LogP contribution is 2.12. The number of allylic oxidation sites excluding steroid dienone is 1. The first-order valence-corrected chi connectivity index (χ1v) is 10.7. The molecule has 0 saturated carbocycles. The number of hydrogen-bond acceptors (Lipinski definition) is 2. The lowest BCUT2D eigenvalue weighted by atomic mass is 10.0. The van der Waals surface area contributed by atoms with Gasteiger partial charge in [0, 0.05) is 19.3 Å². The SMILES string of the molecule is C=C(CCC#CC#CCCCCCCCCCCCCCC)OOCC. The summed E-state index contributed by atoms with van der Waals surface area (Å²) >= 11 is 0. The van der Waals surface area contributed by atoms with Crippen molar-refractivity contribution in [2.24, 2.45) is 0 Å². The maximum atomic E-state index is 4.93. The minimum Gasteiger partial charge on any atom is -0.343 e. The second-order valence-corrected chi connectivity index (χ2v) is 6.77. The Balaban J connectivity index is 3.30. The fraction of sp³-hybridized carbons (Fsp3) is 0.750. The molecule has 0 aliphatic rings. The van der Waals surface area contributed by atoms with Gasteiger partial charge in [-0.25, -0.2) is 0 Å². The third-order valence-electron chi connectivity index (χ3n) is 4.22. The van der Waals surface area contributed by atoms with Crippen molar-refractivity contribution in [3.05, 3.63) is 12.3 Å². The number of hydrogen-bond donors (Lipinski definition) is 0. The molecule has 2 heteroatoms. The van der Waals surface area contributed by atoms with E-state index in [1.807, 2.05) is 6.92 Å². The van der Waals surface area contributed by atoms with E-state index in [2.05, 4.69) is 37.2 Å². The molecule has 26 heavy (non-hydrogen) atoms. The summed E-state index contributed by atoms with van der Waals surface area (Å²) in [4.78, 5) is 9.73. The average Bonchev–Trinajstić information content (AvgIpc) is 2.65. The van der Waals surface area contributed by atoms with E-state index >= 15 is 0 Å². The van der Waals surface area contributed by atoms with E-state index in [0.29, 0.717) is 25.2 Å². The molecular weight excluding hydrogens is 320 g/mol. The van der Waals surface area contributed by atoms with Crippen LogP contribution in [0, 0.1) is 23.7 Å². The summed E-state index contributed by atoms with van der Waals surface area (Å²) in [6.45, 7) is 8.43. The average molecular weight is 361 g/mol. The zero-order valence-electron chi connectivity index (χ0n) is 17.3. The summed E-state index contributed by atoms with van der Waals surface area (Å²) in [7, 11) is 0. The molecule has 148 valence electrons. The van der Waals surface area contributed by atoms with Gasteiger partial charge >= 0.3 is 0 Å². The Bertz CT molecular complexity index is 431. The van der Waals surface area contributed by atoms with Gasteiger partial charge in [-0.15, -0.1) is 0 Å².